The average molecular weight is 472 g/mol. The summed E-state index contributed by atoms with van der Waals surface area (Å²) in [6.45, 7) is 5.14. The third kappa shape index (κ3) is 5.34. The molecule has 0 amide bonds. The molecule has 8 heteroatoms. The molecule has 5 rings (SSSR count). The van der Waals surface area contributed by atoms with Crippen molar-refractivity contribution in [2.24, 2.45) is 0 Å². The topological polar surface area (TPSA) is 81.5 Å². The molecule has 0 aliphatic carbocycles. The molecule has 1 aliphatic rings. The fourth-order valence-corrected chi connectivity index (χ4v) is 4.22. The van der Waals surface area contributed by atoms with E-state index in [4.69, 9.17) is 14.5 Å². The number of benzene rings is 2. The first-order chi connectivity index (χ1) is 17.2. The zero-order valence-electron chi connectivity index (χ0n) is 19.8. The molecular weight excluding hydrogens is 442 g/mol. The van der Waals surface area contributed by atoms with Gasteiger partial charge in [0.1, 0.15) is 11.3 Å². The molecule has 1 fully saturated rings. The number of ether oxygens (including phenoxy) is 2. The number of morpholine rings is 1. The van der Waals surface area contributed by atoms with Crippen LogP contribution >= 0.6 is 0 Å². The van der Waals surface area contributed by atoms with Crippen molar-refractivity contribution in [3.05, 3.63) is 82.6 Å². The van der Waals surface area contributed by atoms with E-state index in [1.54, 1.807) is 11.7 Å². The van der Waals surface area contributed by atoms with Crippen LogP contribution in [0.1, 0.15) is 5.56 Å². The molecule has 0 unspecified atom stereocenters. The molecule has 0 spiro atoms. The van der Waals surface area contributed by atoms with Gasteiger partial charge in [0.2, 0.25) is 0 Å². The fraction of sp³-hybridized carbons (Fsp3) is 0.296. The van der Waals surface area contributed by atoms with Crippen molar-refractivity contribution in [1.82, 2.24) is 19.4 Å². The van der Waals surface area contributed by atoms with E-state index in [1.165, 1.54) is 0 Å². The van der Waals surface area contributed by atoms with Crippen LogP contribution in [0.25, 0.3) is 22.4 Å². The summed E-state index contributed by atoms with van der Waals surface area (Å²) in [5.41, 5.74) is 3.82. The van der Waals surface area contributed by atoms with Gasteiger partial charge >= 0.3 is 0 Å². The minimum Gasteiger partial charge on any atom is -0.497 e. The van der Waals surface area contributed by atoms with Crippen LogP contribution in [-0.2, 0) is 11.3 Å². The molecule has 180 valence electrons. The van der Waals surface area contributed by atoms with E-state index in [0.717, 1.165) is 55.4 Å². The summed E-state index contributed by atoms with van der Waals surface area (Å²) in [6.07, 6.45) is 0. The second-order valence-corrected chi connectivity index (χ2v) is 8.49. The Morgan fingerprint density at radius 2 is 1.74 bits per heavy atom. The summed E-state index contributed by atoms with van der Waals surface area (Å²) in [5.74, 6) is 1.11. The maximum absolute atomic E-state index is 13.6. The Morgan fingerprint density at radius 1 is 0.971 bits per heavy atom. The van der Waals surface area contributed by atoms with Gasteiger partial charge < -0.3 is 14.8 Å². The Hall–Kier alpha value is -3.75. The second kappa shape index (κ2) is 10.7. The van der Waals surface area contributed by atoms with E-state index >= 15 is 0 Å². The SMILES string of the molecule is COc1ccc(Cn2c(=O)c(NCCN3CCOCC3)nc3ccc(-c4ccccc4)nc32)cc1. The Bertz CT molecular complexity index is 1330. The number of nitrogens with one attached hydrogen (secondary N) is 1. The molecule has 3 heterocycles. The van der Waals surface area contributed by atoms with E-state index in [0.29, 0.717) is 30.1 Å². The number of rotatable bonds is 8. The van der Waals surface area contributed by atoms with Gasteiger partial charge in [-0.05, 0) is 29.8 Å². The maximum Gasteiger partial charge on any atom is 0.295 e. The number of anilines is 1. The van der Waals surface area contributed by atoms with Crippen LogP contribution < -0.4 is 15.6 Å². The lowest BCUT2D eigenvalue weighted by Crippen LogP contribution is -2.39. The predicted molar refractivity (Wildman–Crippen MR) is 137 cm³/mol. The van der Waals surface area contributed by atoms with E-state index < -0.39 is 0 Å². The lowest BCUT2D eigenvalue weighted by atomic mass is 10.1. The summed E-state index contributed by atoms with van der Waals surface area (Å²) in [5, 5.41) is 3.27. The van der Waals surface area contributed by atoms with Crippen molar-refractivity contribution < 1.29 is 9.47 Å². The largest absolute Gasteiger partial charge is 0.497 e. The van der Waals surface area contributed by atoms with Gasteiger partial charge in [0.05, 0.1) is 32.6 Å². The molecule has 1 saturated heterocycles. The summed E-state index contributed by atoms with van der Waals surface area (Å²) >= 11 is 0. The van der Waals surface area contributed by atoms with Gasteiger partial charge in [-0.2, -0.15) is 0 Å². The highest BCUT2D eigenvalue weighted by Gasteiger charge is 2.15. The highest BCUT2D eigenvalue weighted by Crippen LogP contribution is 2.21. The van der Waals surface area contributed by atoms with Gasteiger partial charge in [0.25, 0.3) is 5.56 Å². The van der Waals surface area contributed by atoms with Gasteiger partial charge in [0.15, 0.2) is 11.5 Å². The highest BCUT2D eigenvalue weighted by molar-refractivity contribution is 5.76. The smallest absolute Gasteiger partial charge is 0.295 e. The van der Waals surface area contributed by atoms with Crippen LogP contribution in [0.4, 0.5) is 5.82 Å². The molecule has 35 heavy (non-hydrogen) atoms. The molecular formula is C27H29N5O3. The van der Waals surface area contributed by atoms with Gasteiger partial charge in [-0.1, -0.05) is 42.5 Å². The Kier molecular flexibility index (Phi) is 7.02. The zero-order chi connectivity index (χ0) is 24.0. The van der Waals surface area contributed by atoms with Crippen LogP contribution in [0.3, 0.4) is 0 Å². The normalized spacial score (nSPS) is 14.2. The lowest BCUT2D eigenvalue weighted by molar-refractivity contribution is 0.0398. The van der Waals surface area contributed by atoms with Crippen LogP contribution in [-0.4, -0.2) is 65.9 Å². The third-order valence-corrected chi connectivity index (χ3v) is 6.18. The predicted octanol–water partition coefficient (Wildman–Crippen LogP) is 3.26. The average Bonchev–Trinajstić information content (AvgIpc) is 2.92. The number of hydrogen-bond acceptors (Lipinski definition) is 7. The minimum absolute atomic E-state index is 0.187. The Labute approximate surface area is 204 Å². The van der Waals surface area contributed by atoms with Crippen molar-refractivity contribution in [3.63, 3.8) is 0 Å². The molecule has 1 aliphatic heterocycles. The van der Waals surface area contributed by atoms with Crippen LogP contribution in [0, 0.1) is 0 Å². The summed E-state index contributed by atoms with van der Waals surface area (Å²) in [4.78, 5) is 25.4. The van der Waals surface area contributed by atoms with E-state index in [9.17, 15) is 4.79 Å². The van der Waals surface area contributed by atoms with Crippen molar-refractivity contribution >= 4 is 17.0 Å². The maximum atomic E-state index is 13.6. The molecule has 4 aromatic rings. The number of methoxy groups -OCH3 is 1. The third-order valence-electron chi connectivity index (χ3n) is 6.18. The Balaban J connectivity index is 1.50. The number of pyridine rings is 1. The summed E-state index contributed by atoms with van der Waals surface area (Å²) < 4.78 is 12.4. The van der Waals surface area contributed by atoms with Crippen molar-refractivity contribution in [2.45, 2.75) is 6.54 Å². The molecule has 0 radical (unpaired) electrons. The molecule has 0 atom stereocenters. The zero-order valence-corrected chi connectivity index (χ0v) is 19.8. The molecule has 8 nitrogen and oxygen atoms in total. The number of hydrogen-bond donors (Lipinski definition) is 1. The van der Waals surface area contributed by atoms with Gasteiger partial charge in [-0.15, -0.1) is 0 Å². The van der Waals surface area contributed by atoms with E-state index in [2.05, 4.69) is 15.2 Å². The van der Waals surface area contributed by atoms with E-state index in [1.807, 2.05) is 66.7 Å². The van der Waals surface area contributed by atoms with Crippen molar-refractivity contribution in [2.75, 3.05) is 51.8 Å². The molecule has 0 saturated carbocycles. The Morgan fingerprint density at radius 3 is 2.49 bits per heavy atom. The summed E-state index contributed by atoms with van der Waals surface area (Å²) in [7, 11) is 1.64. The van der Waals surface area contributed by atoms with Gasteiger partial charge in [-0.3, -0.25) is 14.3 Å². The van der Waals surface area contributed by atoms with Gasteiger partial charge in [0, 0.05) is 31.7 Å². The highest BCUT2D eigenvalue weighted by atomic mass is 16.5. The first-order valence-electron chi connectivity index (χ1n) is 11.9. The monoisotopic (exact) mass is 471 g/mol. The second-order valence-electron chi connectivity index (χ2n) is 8.49. The van der Waals surface area contributed by atoms with Crippen LogP contribution in [0.2, 0.25) is 0 Å². The summed E-state index contributed by atoms with van der Waals surface area (Å²) in [6, 6.07) is 21.5. The van der Waals surface area contributed by atoms with Crippen molar-refractivity contribution in [1.29, 1.82) is 0 Å². The molecule has 2 aromatic carbocycles. The van der Waals surface area contributed by atoms with E-state index in [-0.39, 0.29) is 5.56 Å². The first kappa shape index (κ1) is 23.0. The van der Waals surface area contributed by atoms with Gasteiger partial charge in [-0.25, -0.2) is 9.97 Å². The molecule has 0 bridgehead atoms. The van der Waals surface area contributed by atoms with Crippen LogP contribution in [0.15, 0.2) is 71.5 Å². The standard InChI is InChI=1S/C27H29N5O3/c1-34-22-9-7-20(8-10-22)19-32-26-24(12-11-23(30-26)21-5-3-2-4-6-21)29-25(27(32)33)28-13-14-31-15-17-35-18-16-31/h2-12H,13-19H2,1H3,(H,28,29). The lowest BCUT2D eigenvalue weighted by Gasteiger charge is -2.26. The number of nitrogens with zero attached hydrogens (tertiary/aromatic N) is 4. The first-order valence-corrected chi connectivity index (χ1v) is 11.9. The quantitative estimate of drug-likeness (QED) is 0.422. The van der Waals surface area contributed by atoms with Crippen molar-refractivity contribution in [3.8, 4) is 17.0 Å². The fourth-order valence-electron chi connectivity index (χ4n) is 4.22. The minimum atomic E-state index is -0.187. The van der Waals surface area contributed by atoms with Crippen LogP contribution in [0.5, 0.6) is 5.75 Å². The number of fused-ring (bicyclic) bond motifs is 1. The number of aromatic nitrogens is 3. The molecule has 2 aromatic heterocycles. The molecule has 1 N–H and O–H groups in total.